The van der Waals surface area contributed by atoms with E-state index in [-0.39, 0.29) is 5.91 Å². The number of quaternary nitrogens is 1. The Morgan fingerprint density at radius 1 is 1.14 bits per heavy atom. The van der Waals surface area contributed by atoms with E-state index in [9.17, 15) is 4.79 Å². The lowest BCUT2D eigenvalue weighted by atomic mass is 10.1. The second-order valence-electron chi connectivity index (χ2n) is 7.99. The van der Waals surface area contributed by atoms with Crippen molar-refractivity contribution in [3.63, 3.8) is 0 Å². The van der Waals surface area contributed by atoms with Gasteiger partial charge < -0.3 is 19.4 Å². The number of aryl methyl sites for hydroxylation is 2. The lowest BCUT2D eigenvalue weighted by Crippen LogP contribution is -3.15. The first-order valence-electron chi connectivity index (χ1n) is 10.6. The Hall–Kier alpha value is -2.53. The fraction of sp³-hybridized carbons (Fsp3) is 0.458. The highest BCUT2D eigenvalue weighted by Gasteiger charge is 2.25. The molecule has 5 nitrogen and oxygen atoms in total. The van der Waals surface area contributed by atoms with Crippen molar-refractivity contribution in [1.29, 1.82) is 0 Å². The molecule has 3 rings (SSSR count). The summed E-state index contributed by atoms with van der Waals surface area (Å²) in [5.41, 5.74) is 4.89. The van der Waals surface area contributed by atoms with Crippen LogP contribution in [-0.2, 0) is 11.3 Å². The Labute approximate surface area is 174 Å². The summed E-state index contributed by atoms with van der Waals surface area (Å²) in [6.07, 6.45) is 0. The number of piperazine rings is 1. The summed E-state index contributed by atoms with van der Waals surface area (Å²) in [6.45, 7) is 11.9. The number of amides is 1. The summed E-state index contributed by atoms with van der Waals surface area (Å²) in [5.74, 6) is 1.16. The van der Waals surface area contributed by atoms with E-state index in [1.165, 1.54) is 21.6 Å². The van der Waals surface area contributed by atoms with Gasteiger partial charge in [-0.2, -0.15) is 0 Å². The number of para-hydroxylation sites is 2. The van der Waals surface area contributed by atoms with E-state index in [1.807, 2.05) is 31.0 Å². The third-order valence-electron chi connectivity index (χ3n) is 5.71. The molecule has 1 amide bonds. The van der Waals surface area contributed by atoms with Gasteiger partial charge in [-0.3, -0.25) is 4.79 Å². The molecule has 0 saturated carbocycles. The van der Waals surface area contributed by atoms with Crippen LogP contribution in [0.2, 0.25) is 0 Å². The molecule has 0 atom stereocenters. The molecule has 156 valence electrons. The molecule has 0 aliphatic carbocycles. The first-order valence-corrected chi connectivity index (χ1v) is 10.6. The van der Waals surface area contributed by atoms with Crippen molar-refractivity contribution in [1.82, 2.24) is 4.90 Å². The number of benzene rings is 2. The van der Waals surface area contributed by atoms with Gasteiger partial charge in [-0.05, 0) is 44.0 Å². The topological polar surface area (TPSA) is 37.2 Å². The van der Waals surface area contributed by atoms with Gasteiger partial charge >= 0.3 is 0 Å². The van der Waals surface area contributed by atoms with E-state index in [0.29, 0.717) is 19.7 Å². The molecule has 0 unspecified atom stereocenters. The minimum absolute atomic E-state index is 0.211. The fourth-order valence-electron chi connectivity index (χ4n) is 3.95. The quantitative estimate of drug-likeness (QED) is 0.779. The molecule has 1 N–H and O–H groups in total. The molecule has 1 heterocycles. The first-order chi connectivity index (χ1) is 14.0. The number of carbonyl (C=O) groups is 1. The third kappa shape index (κ3) is 5.51. The predicted octanol–water partition coefficient (Wildman–Crippen LogP) is 2.07. The van der Waals surface area contributed by atoms with Crippen LogP contribution in [0.15, 0.2) is 42.5 Å². The van der Waals surface area contributed by atoms with E-state index in [2.05, 4.69) is 49.1 Å². The number of anilines is 1. The van der Waals surface area contributed by atoms with Crippen molar-refractivity contribution in [3.05, 3.63) is 59.2 Å². The van der Waals surface area contributed by atoms with E-state index in [4.69, 9.17) is 4.74 Å². The smallest absolute Gasteiger partial charge is 0.277 e. The molecule has 0 aromatic heterocycles. The number of rotatable bonds is 7. The van der Waals surface area contributed by atoms with Crippen molar-refractivity contribution in [2.24, 2.45) is 0 Å². The number of ether oxygens (including phenoxy) is 1. The Morgan fingerprint density at radius 2 is 1.86 bits per heavy atom. The van der Waals surface area contributed by atoms with Crippen molar-refractivity contribution >= 4 is 11.6 Å². The van der Waals surface area contributed by atoms with E-state index in [1.54, 1.807) is 0 Å². The largest absolute Gasteiger partial charge is 0.492 e. The highest BCUT2D eigenvalue weighted by atomic mass is 16.5. The molecule has 1 fully saturated rings. The molecule has 5 heteroatoms. The van der Waals surface area contributed by atoms with Crippen molar-refractivity contribution in [2.45, 2.75) is 27.3 Å². The molecule has 2 aromatic rings. The van der Waals surface area contributed by atoms with Crippen LogP contribution < -0.4 is 14.5 Å². The van der Waals surface area contributed by atoms with Gasteiger partial charge in [0.1, 0.15) is 5.75 Å². The molecule has 0 spiro atoms. The number of likely N-dealkylation sites (N-methyl/N-ethyl adjacent to an activating group) is 1. The Bertz CT molecular complexity index is 829. The van der Waals surface area contributed by atoms with E-state index < -0.39 is 0 Å². The minimum Gasteiger partial charge on any atom is -0.492 e. The zero-order valence-corrected chi connectivity index (χ0v) is 18.2. The molecular weight excluding hydrogens is 362 g/mol. The lowest BCUT2D eigenvalue weighted by molar-refractivity contribution is -0.892. The normalized spacial score (nSPS) is 14.7. The van der Waals surface area contributed by atoms with E-state index in [0.717, 1.165) is 37.6 Å². The highest BCUT2D eigenvalue weighted by molar-refractivity contribution is 5.76. The molecule has 1 aliphatic rings. The van der Waals surface area contributed by atoms with Crippen LogP contribution in [0.3, 0.4) is 0 Å². The van der Waals surface area contributed by atoms with Crippen molar-refractivity contribution < 1.29 is 14.4 Å². The number of carbonyl (C=O) groups excluding carboxylic acids is 1. The number of hydrogen-bond acceptors (Lipinski definition) is 3. The highest BCUT2D eigenvalue weighted by Crippen LogP contribution is 2.27. The van der Waals surface area contributed by atoms with Gasteiger partial charge in [0.05, 0.1) is 38.5 Å². The molecule has 2 aromatic carbocycles. The Kier molecular flexibility index (Phi) is 7.15. The zero-order chi connectivity index (χ0) is 20.8. The predicted molar refractivity (Wildman–Crippen MR) is 118 cm³/mol. The molecule has 0 radical (unpaired) electrons. The summed E-state index contributed by atoms with van der Waals surface area (Å²) in [5, 5.41) is 0. The third-order valence-corrected chi connectivity index (χ3v) is 5.71. The van der Waals surface area contributed by atoms with Gasteiger partial charge in [0.2, 0.25) is 0 Å². The maximum Gasteiger partial charge on any atom is 0.277 e. The average Bonchev–Trinajstić information content (AvgIpc) is 2.71. The fourth-order valence-corrected chi connectivity index (χ4v) is 3.95. The Morgan fingerprint density at radius 3 is 2.55 bits per heavy atom. The average molecular weight is 397 g/mol. The van der Waals surface area contributed by atoms with Crippen molar-refractivity contribution in [3.8, 4) is 5.75 Å². The van der Waals surface area contributed by atoms with Crippen LogP contribution in [0, 0.1) is 13.8 Å². The summed E-state index contributed by atoms with van der Waals surface area (Å²) in [7, 11) is 1.91. The van der Waals surface area contributed by atoms with Crippen LogP contribution in [0.25, 0.3) is 0 Å². The molecule has 1 aliphatic heterocycles. The molecule has 1 saturated heterocycles. The van der Waals surface area contributed by atoms with Crippen molar-refractivity contribution in [2.75, 3.05) is 51.3 Å². The van der Waals surface area contributed by atoms with Crippen LogP contribution >= 0.6 is 0 Å². The standard InChI is InChI=1S/C24H33N3O2/c1-5-29-23-9-7-6-8-22(23)27-14-12-26(13-15-27)18-24(28)25(4)17-21-11-10-19(2)16-20(21)3/h6-11,16H,5,12-15,17-18H2,1-4H3/p+1. The van der Waals surface area contributed by atoms with Crippen LogP contribution in [0.4, 0.5) is 5.69 Å². The van der Waals surface area contributed by atoms with Gasteiger partial charge in [-0.15, -0.1) is 0 Å². The van der Waals surface area contributed by atoms with Gasteiger partial charge in [-0.25, -0.2) is 0 Å². The van der Waals surface area contributed by atoms with E-state index >= 15 is 0 Å². The van der Waals surface area contributed by atoms with Gasteiger partial charge in [0, 0.05) is 13.6 Å². The molecule has 0 bridgehead atoms. The Balaban J connectivity index is 1.52. The number of nitrogens with one attached hydrogen (secondary N) is 1. The molecular formula is C24H34N3O2+. The van der Waals surface area contributed by atoms with Crippen LogP contribution in [-0.4, -0.2) is 57.2 Å². The number of nitrogens with zero attached hydrogens (tertiary/aromatic N) is 2. The summed E-state index contributed by atoms with van der Waals surface area (Å²) in [6, 6.07) is 14.7. The summed E-state index contributed by atoms with van der Waals surface area (Å²) >= 11 is 0. The zero-order valence-electron chi connectivity index (χ0n) is 18.2. The second kappa shape index (κ2) is 9.79. The van der Waals surface area contributed by atoms with Gasteiger partial charge in [0.15, 0.2) is 6.54 Å². The monoisotopic (exact) mass is 396 g/mol. The van der Waals surface area contributed by atoms with Crippen LogP contribution in [0.5, 0.6) is 5.75 Å². The SMILES string of the molecule is CCOc1ccccc1N1CC[NH+](CC(=O)N(C)Cc2ccc(C)cc2C)CC1. The minimum atomic E-state index is 0.211. The lowest BCUT2D eigenvalue weighted by Gasteiger charge is -2.34. The molecule has 29 heavy (non-hydrogen) atoms. The summed E-state index contributed by atoms with van der Waals surface area (Å²) < 4.78 is 5.78. The van der Waals surface area contributed by atoms with Gasteiger partial charge in [-0.1, -0.05) is 35.9 Å². The van der Waals surface area contributed by atoms with Gasteiger partial charge in [0.25, 0.3) is 5.91 Å². The van der Waals surface area contributed by atoms with Crippen LogP contribution in [0.1, 0.15) is 23.6 Å². The summed E-state index contributed by atoms with van der Waals surface area (Å²) in [4.78, 5) is 18.3. The maximum atomic E-state index is 12.8. The number of hydrogen-bond donors (Lipinski definition) is 1. The second-order valence-corrected chi connectivity index (χ2v) is 7.99. The maximum absolute atomic E-state index is 12.8. The first kappa shape index (κ1) is 21.2.